The smallest absolute Gasteiger partial charge is 0.237 e. The minimum Gasteiger partial charge on any atom is -0.338 e. The number of amides is 1. The number of likely N-dealkylation sites (N-methyl/N-ethyl adjacent to an activating group) is 1. The van der Waals surface area contributed by atoms with Gasteiger partial charge in [0, 0.05) is 19.1 Å². The van der Waals surface area contributed by atoms with Gasteiger partial charge in [-0.25, -0.2) is 0 Å². The molecule has 1 aromatic rings. The standard InChI is InChI=1S/C20H31N3O/c1-2-23(15-17-7-4-3-5-8-17)20(24)16-22-13-10-18(11-14-22)19-9-6-12-21-19/h3-5,7-8,18-19,21H,2,6,9-16H2,1H3. The van der Waals surface area contributed by atoms with Crippen molar-refractivity contribution < 1.29 is 4.79 Å². The van der Waals surface area contributed by atoms with E-state index in [1.807, 2.05) is 23.1 Å². The van der Waals surface area contributed by atoms with Crippen LogP contribution in [0.4, 0.5) is 0 Å². The quantitative estimate of drug-likeness (QED) is 0.871. The fourth-order valence-corrected chi connectivity index (χ4v) is 4.10. The summed E-state index contributed by atoms with van der Waals surface area (Å²) in [4.78, 5) is 17.0. The Kier molecular flexibility index (Phi) is 6.27. The molecular formula is C20H31N3O. The Morgan fingerprint density at radius 1 is 1.21 bits per heavy atom. The summed E-state index contributed by atoms with van der Waals surface area (Å²) in [6.07, 6.45) is 5.13. The number of rotatable bonds is 6. The Labute approximate surface area is 146 Å². The van der Waals surface area contributed by atoms with Crippen LogP contribution in [0.15, 0.2) is 30.3 Å². The van der Waals surface area contributed by atoms with Gasteiger partial charge in [-0.05, 0) is 63.7 Å². The van der Waals surface area contributed by atoms with Gasteiger partial charge in [-0.1, -0.05) is 30.3 Å². The number of likely N-dealkylation sites (tertiary alicyclic amines) is 1. The fourth-order valence-electron chi connectivity index (χ4n) is 4.10. The van der Waals surface area contributed by atoms with Crippen molar-refractivity contribution in [1.82, 2.24) is 15.1 Å². The van der Waals surface area contributed by atoms with Crippen LogP contribution in [0.5, 0.6) is 0 Å². The maximum Gasteiger partial charge on any atom is 0.237 e. The van der Waals surface area contributed by atoms with Gasteiger partial charge in [-0.2, -0.15) is 0 Å². The molecule has 4 heteroatoms. The van der Waals surface area contributed by atoms with Crippen LogP contribution in [-0.4, -0.2) is 54.5 Å². The number of nitrogens with zero attached hydrogens (tertiary/aromatic N) is 2. The summed E-state index contributed by atoms with van der Waals surface area (Å²) in [6.45, 7) is 7.46. The van der Waals surface area contributed by atoms with Crippen LogP contribution in [0.2, 0.25) is 0 Å². The van der Waals surface area contributed by atoms with Crippen LogP contribution < -0.4 is 5.32 Å². The van der Waals surface area contributed by atoms with E-state index >= 15 is 0 Å². The zero-order valence-electron chi connectivity index (χ0n) is 14.9. The lowest BCUT2D eigenvalue weighted by atomic mass is 9.88. The Morgan fingerprint density at radius 3 is 2.58 bits per heavy atom. The van der Waals surface area contributed by atoms with Crippen molar-refractivity contribution in [3.8, 4) is 0 Å². The fraction of sp³-hybridized carbons (Fsp3) is 0.650. The summed E-state index contributed by atoms with van der Waals surface area (Å²) < 4.78 is 0. The van der Waals surface area contributed by atoms with E-state index in [0.717, 1.165) is 38.1 Å². The van der Waals surface area contributed by atoms with Crippen molar-refractivity contribution in [2.75, 3.05) is 32.7 Å². The molecule has 3 rings (SSSR count). The lowest BCUT2D eigenvalue weighted by Crippen LogP contribution is -2.45. The highest BCUT2D eigenvalue weighted by Gasteiger charge is 2.29. The summed E-state index contributed by atoms with van der Waals surface area (Å²) in [6, 6.07) is 11.0. The van der Waals surface area contributed by atoms with Gasteiger partial charge in [0.25, 0.3) is 0 Å². The van der Waals surface area contributed by atoms with Gasteiger partial charge in [0.2, 0.25) is 5.91 Å². The predicted molar refractivity (Wildman–Crippen MR) is 97.7 cm³/mol. The molecule has 0 aromatic heterocycles. The minimum absolute atomic E-state index is 0.263. The lowest BCUT2D eigenvalue weighted by Gasteiger charge is -2.35. The second kappa shape index (κ2) is 8.63. The second-order valence-electron chi connectivity index (χ2n) is 7.21. The zero-order valence-corrected chi connectivity index (χ0v) is 14.9. The van der Waals surface area contributed by atoms with Gasteiger partial charge >= 0.3 is 0 Å². The molecule has 2 saturated heterocycles. The molecule has 1 N–H and O–H groups in total. The van der Waals surface area contributed by atoms with Crippen molar-refractivity contribution in [3.63, 3.8) is 0 Å². The number of carbonyl (C=O) groups is 1. The molecule has 0 aliphatic carbocycles. The average molecular weight is 329 g/mol. The summed E-state index contributed by atoms with van der Waals surface area (Å²) >= 11 is 0. The molecule has 0 spiro atoms. The van der Waals surface area contributed by atoms with E-state index in [4.69, 9.17) is 0 Å². The van der Waals surface area contributed by atoms with Crippen LogP contribution in [-0.2, 0) is 11.3 Å². The summed E-state index contributed by atoms with van der Waals surface area (Å²) in [5.74, 6) is 1.07. The van der Waals surface area contributed by atoms with Gasteiger partial charge in [0.15, 0.2) is 0 Å². The van der Waals surface area contributed by atoms with Crippen LogP contribution in [0.3, 0.4) is 0 Å². The normalized spacial score (nSPS) is 22.6. The van der Waals surface area contributed by atoms with Crippen molar-refractivity contribution >= 4 is 5.91 Å². The molecule has 24 heavy (non-hydrogen) atoms. The number of nitrogens with one attached hydrogen (secondary N) is 1. The zero-order chi connectivity index (χ0) is 16.8. The van der Waals surface area contributed by atoms with Crippen molar-refractivity contribution in [2.24, 2.45) is 5.92 Å². The first-order chi connectivity index (χ1) is 11.8. The largest absolute Gasteiger partial charge is 0.338 e. The molecule has 2 aliphatic rings. The molecule has 0 radical (unpaired) electrons. The van der Waals surface area contributed by atoms with Crippen LogP contribution in [0.25, 0.3) is 0 Å². The van der Waals surface area contributed by atoms with E-state index < -0.39 is 0 Å². The van der Waals surface area contributed by atoms with E-state index in [1.54, 1.807) is 0 Å². The van der Waals surface area contributed by atoms with Crippen molar-refractivity contribution in [2.45, 2.75) is 45.2 Å². The maximum atomic E-state index is 12.7. The molecule has 1 atom stereocenters. The number of carbonyl (C=O) groups excluding carboxylic acids is 1. The average Bonchev–Trinajstić information content (AvgIpc) is 3.16. The number of hydrogen-bond acceptors (Lipinski definition) is 3. The summed E-state index contributed by atoms with van der Waals surface area (Å²) in [5.41, 5.74) is 1.21. The Balaban J connectivity index is 1.45. The second-order valence-corrected chi connectivity index (χ2v) is 7.21. The third-order valence-corrected chi connectivity index (χ3v) is 5.61. The Hall–Kier alpha value is -1.39. The first-order valence-electron chi connectivity index (χ1n) is 9.53. The summed E-state index contributed by atoms with van der Waals surface area (Å²) in [7, 11) is 0. The Morgan fingerprint density at radius 2 is 1.96 bits per heavy atom. The molecule has 2 heterocycles. The van der Waals surface area contributed by atoms with E-state index in [-0.39, 0.29) is 5.91 Å². The Bertz CT molecular complexity index is 505. The van der Waals surface area contributed by atoms with E-state index in [2.05, 4.69) is 29.3 Å². The first-order valence-corrected chi connectivity index (χ1v) is 9.53. The monoisotopic (exact) mass is 329 g/mol. The van der Waals surface area contributed by atoms with E-state index in [9.17, 15) is 4.79 Å². The predicted octanol–water partition coefficient (Wildman–Crippen LogP) is 2.50. The van der Waals surface area contributed by atoms with Gasteiger partial charge in [0.05, 0.1) is 6.54 Å². The third-order valence-electron chi connectivity index (χ3n) is 5.61. The molecule has 0 bridgehead atoms. The molecule has 2 fully saturated rings. The molecule has 1 amide bonds. The van der Waals surface area contributed by atoms with E-state index in [0.29, 0.717) is 6.54 Å². The number of hydrogen-bond donors (Lipinski definition) is 1. The van der Waals surface area contributed by atoms with Crippen LogP contribution in [0, 0.1) is 5.92 Å². The minimum atomic E-state index is 0.263. The van der Waals surface area contributed by atoms with Gasteiger partial charge < -0.3 is 10.2 Å². The molecule has 132 valence electrons. The van der Waals surface area contributed by atoms with Crippen LogP contribution >= 0.6 is 0 Å². The van der Waals surface area contributed by atoms with Gasteiger partial charge in [0.1, 0.15) is 0 Å². The van der Waals surface area contributed by atoms with Gasteiger partial charge in [-0.3, -0.25) is 9.69 Å². The molecule has 0 saturated carbocycles. The topological polar surface area (TPSA) is 35.6 Å². The highest BCUT2D eigenvalue weighted by Crippen LogP contribution is 2.25. The highest BCUT2D eigenvalue weighted by molar-refractivity contribution is 5.78. The molecule has 1 unspecified atom stereocenters. The summed E-state index contributed by atoms with van der Waals surface area (Å²) in [5, 5.41) is 3.64. The number of piperidine rings is 1. The molecular weight excluding hydrogens is 298 g/mol. The molecule has 1 aromatic carbocycles. The number of benzene rings is 1. The lowest BCUT2D eigenvalue weighted by molar-refractivity contribution is -0.133. The maximum absolute atomic E-state index is 12.7. The van der Waals surface area contributed by atoms with Crippen molar-refractivity contribution in [1.29, 1.82) is 0 Å². The molecule has 2 aliphatic heterocycles. The van der Waals surface area contributed by atoms with Crippen LogP contribution in [0.1, 0.15) is 38.2 Å². The van der Waals surface area contributed by atoms with Gasteiger partial charge in [-0.15, -0.1) is 0 Å². The first kappa shape index (κ1) is 17.4. The third kappa shape index (κ3) is 4.58. The van der Waals surface area contributed by atoms with Crippen molar-refractivity contribution in [3.05, 3.63) is 35.9 Å². The SMILES string of the molecule is CCN(Cc1ccccc1)C(=O)CN1CCC(C2CCCN2)CC1. The highest BCUT2D eigenvalue weighted by atomic mass is 16.2. The van der Waals surface area contributed by atoms with E-state index in [1.165, 1.54) is 37.8 Å². The molecule has 4 nitrogen and oxygen atoms in total.